The molecule has 0 aliphatic heterocycles. The van der Waals surface area contributed by atoms with Crippen molar-refractivity contribution in [2.45, 2.75) is 112 Å². The summed E-state index contributed by atoms with van der Waals surface area (Å²) in [6.45, 7) is 12.4. The van der Waals surface area contributed by atoms with Crippen molar-refractivity contribution in [2.24, 2.45) is 34.5 Å². The van der Waals surface area contributed by atoms with Crippen LogP contribution in [0, 0.1) is 34.5 Å². The number of hydrogen-bond acceptors (Lipinski definition) is 0. The lowest BCUT2D eigenvalue weighted by molar-refractivity contribution is 0.0668. The molecule has 0 bridgehead atoms. The van der Waals surface area contributed by atoms with E-state index in [4.69, 9.17) is 0 Å². The molecule has 0 N–H and O–H groups in total. The largest absolute Gasteiger partial charge is 0.0859 e. The summed E-state index contributed by atoms with van der Waals surface area (Å²) in [4.78, 5) is 0. The van der Waals surface area contributed by atoms with Crippen molar-refractivity contribution in [2.75, 3.05) is 0 Å². The second-order valence-corrected chi connectivity index (χ2v) is 11.5. The lowest BCUT2D eigenvalue weighted by Gasteiger charge is -2.54. The molecule has 4 aliphatic rings. The third-order valence-corrected chi connectivity index (χ3v) is 9.84. The zero-order valence-corrected chi connectivity index (χ0v) is 18.9. The Hall–Kier alpha value is -0.520. The molecular weight excluding hydrogens is 324 g/mol. The fourth-order valence-corrected chi connectivity index (χ4v) is 8.30. The van der Waals surface area contributed by atoms with Crippen LogP contribution in [0.3, 0.4) is 0 Å². The first kappa shape index (κ1) is 19.8. The van der Waals surface area contributed by atoms with Gasteiger partial charge in [0.1, 0.15) is 0 Å². The van der Waals surface area contributed by atoms with Gasteiger partial charge in [0, 0.05) is 0 Å². The molecule has 4 rings (SSSR count). The summed E-state index contributed by atoms with van der Waals surface area (Å²) in [6, 6.07) is 0. The Kier molecular flexibility index (Phi) is 5.41. The molecule has 2 saturated carbocycles. The number of hydrogen-bond donors (Lipinski definition) is 0. The average molecular weight is 369 g/mol. The molecule has 27 heavy (non-hydrogen) atoms. The van der Waals surface area contributed by atoms with E-state index in [0.717, 1.165) is 23.7 Å². The topological polar surface area (TPSA) is 0 Å². The van der Waals surface area contributed by atoms with Gasteiger partial charge in [-0.3, -0.25) is 0 Å². The molecule has 6 atom stereocenters. The molecule has 0 aromatic heterocycles. The van der Waals surface area contributed by atoms with E-state index >= 15 is 0 Å². The molecule has 2 fully saturated rings. The van der Waals surface area contributed by atoms with Crippen LogP contribution in [0.25, 0.3) is 0 Å². The van der Waals surface area contributed by atoms with E-state index in [2.05, 4.69) is 40.7 Å². The zero-order chi connectivity index (χ0) is 19.2. The summed E-state index contributed by atoms with van der Waals surface area (Å²) in [6.07, 6.45) is 20.0. The maximum Gasteiger partial charge on any atom is -0.00852 e. The second-order valence-electron chi connectivity index (χ2n) is 11.5. The predicted octanol–water partition coefficient (Wildman–Crippen LogP) is 8.48. The van der Waals surface area contributed by atoms with Gasteiger partial charge in [-0.25, -0.2) is 0 Å². The standard InChI is InChI=1S/C27H44/c1-19(2)9-8-10-20(3)23-14-15-24-22-13-12-21-11-6-7-17-26(21,4)25(22)16-18-27(23,24)5/h9,20-21,23-24H,6-8,10-18H2,1-5H3/t20-,21?,23-,24+,26+,27-/m1/s1. The van der Waals surface area contributed by atoms with E-state index in [1.807, 2.05) is 11.1 Å². The van der Waals surface area contributed by atoms with Crippen LogP contribution in [0.5, 0.6) is 0 Å². The number of rotatable bonds is 4. The molecule has 0 saturated heterocycles. The molecule has 0 aromatic carbocycles. The Morgan fingerprint density at radius 2 is 1.85 bits per heavy atom. The quantitative estimate of drug-likeness (QED) is 0.436. The molecule has 0 amide bonds. The highest BCUT2D eigenvalue weighted by molar-refractivity contribution is 5.34. The number of allylic oxidation sites excluding steroid dienone is 4. The molecule has 0 heterocycles. The van der Waals surface area contributed by atoms with Crippen LogP contribution in [0.2, 0.25) is 0 Å². The van der Waals surface area contributed by atoms with Crippen LogP contribution in [0.15, 0.2) is 22.8 Å². The van der Waals surface area contributed by atoms with Crippen LogP contribution < -0.4 is 0 Å². The summed E-state index contributed by atoms with van der Waals surface area (Å²) in [7, 11) is 0. The lowest BCUT2D eigenvalue weighted by atomic mass is 9.50. The van der Waals surface area contributed by atoms with Gasteiger partial charge in [0.15, 0.2) is 0 Å². The molecule has 0 heteroatoms. The normalized spacial score (nSPS) is 42.2. The zero-order valence-electron chi connectivity index (χ0n) is 18.9. The van der Waals surface area contributed by atoms with E-state index < -0.39 is 0 Å². The van der Waals surface area contributed by atoms with Crippen molar-refractivity contribution in [3.05, 3.63) is 22.8 Å². The van der Waals surface area contributed by atoms with Gasteiger partial charge in [-0.15, -0.1) is 0 Å². The third-order valence-electron chi connectivity index (χ3n) is 9.84. The minimum absolute atomic E-state index is 0.584. The molecule has 152 valence electrons. The van der Waals surface area contributed by atoms with Crippen LogP contribution in [0.4, 0.5) is 0 Å². The van der Waals surface area contributed by atoms with E-state index in [1.165, 1.54) is 82.6 Å². The summed E-state index contributed by atoms with van der Waals surface area (Å²) in [5.41, 5.74) is 6.64. The van der Waals surface area contributed by atoms with Crippen LogP contribution in [0.1, 0.15) is 112 Å². The third kappa shape index (κ3) is 3.28. The Balaban J connectivity index is 1.55. The summed E-state index contributed by atoms with van der Waals surface area (Å²) < 4.78 is 0. The van der Waals surface area contributed by atoms with E-state index in [0.29, 0.717) is 10.8 Å². The highest BCUT2D eigenvalue weighted by Gasteiger charge is 2.55. The summed E-state index contributed by atoms with van der Waals surface area (Å²) in [5.74, 6) is 3.78. The molecule has 0 spiro atoms. The Morgan fingerprint density at radius 3 is 2.63 bits per heavy atom. The highest BCUT2D eigenvalue weighted by atomic mass is 14.6. The molecule has 1 unspecified atom stereocenters. The van der Waals surface area contributed by atoms with Crippen LogP contribution in [-0.4, -0.2) is 0 Å². The average Bonchev–Trinajstić information content (AvgIpc) is 2.98. The minimum Gasteiger partial charge on any atom is -0.0859 e. The van der Waals surface area contributed by atoms with Crippen molar-refractivity contribution in [1.82, 2.24) is 0 Å². The van der Waals surface area contributed by atoms with Gasteiger partial charge >= 0.3 is 0 Å². The second kappa shape index (κ2) is 7.38. The maximum absolute atomic E-state index is 2.70. The van der Waals surface area contributed by atoms with Crippen LogP contribution >= 0.6 is 0 Å². The predicted molar refractivity (Wildman–Crippen MR) is 118 cm³/mol. The van der Waals surface area contributed by atoms with Crippen molar-refractivity contribution in [3.63, 3.8) is 0 Å². The summed E-state index contributed by atoms with van der Waals surface area (Å²) in [5, 5.41) is 0. The smallest absolute Gasteiger partial charge is 0.00852 e. The summed E-state index contributed by atoms with van der Waals surface area (Å²) >= 11 is 0. The van der Waals surface area contributed by atoms with Crippen molar-refractivity contribution < 1.29 is 0 Å². The monoisotopic (exact) mass is 368 g/mol. The molecule has 0 radical (unpaired) electrons. The minimum atomic E-state index is 0.584. The van der Waals surface area contributed by atoms with E-state index in [-0.39, 0.29) is 0 Å². The van der Waals surface area contributed by atoms with Gasteiger partial charge in [-0.2, -0.15) is 0 Å². The molecular formula is C27H44. The van der Waals surface area contributed by atoms with Crippen LogP contribution in [-0.2, 0) is 0 Å². The van der Waals surface area contributed by atoms with Crippen molar-refractivity contribution >= 4 is 0 Å². The first-order chi connectivity index (χ1) is 12.9. The Bertz CT molecular complexity index is 618. The van der Waals surface area contributed by atoms with Gasteiger partial charge in [0.2, 0.25) is 0 Å². The highest BCUT2D eigenvalue weighted by Crippen LogP contribution is 2.65. The molecule has 0 nitrogen and oxygen atoms in total. The first-order valence-corrected chi connectivity index (χ1v) is 12.2. The van der Waals surface area contributed by atoms with Gasteiger partial charge in [0.25, 0.3) is 0 Å². The fourth-order valence-electron chi connectivity index (χ4n) is 8.30. The van der Waals surface area contributed by atoms with E-state index in [9.17, 15) is 0 Å². The first-order valence-electron chi connectivity index (χ1n) is 12.2. The van der Waals surface area contributed by atoms with Gasteiger partial charge in [-0.05, 0) is 113 Å². The van der Waals surface area contributed by atoms with Gasteiger partial charge in [0.05, 0.1) is 0 Å². The number of fused-ring (bicyclic) bond motifs is 4. The fraction of sp³-hybridized carbons (Fsp3) is 0.852. The van der Waals surface area contributed by atoms with Gasteiger partial charge < -0.3 is 0 Å². The lowest BCUT2D eigenvalue weighted by Crippen LogP contribution is -2.43. The molecule has 0 aromatic rings. The van der Waals surface area contributed by atoms with E-state index in [1.54, 1.807) is 0 Å². The molecule has 4 aliphatic carbocycles. The van der Waals surface area contributed by atoms with Crippen molar-refractivity contribution in [3.8, 4) is 0 Å². The Labute approximate surface area is 169 Å². The maximum atomic E-state index is 2.70. The van der Waals surface area contributed by atoms with Gasteiger partial charge in [-0.1, -0.05) is 56.4 Å². The van der Waals surface area contributed by atoms with Crippen molar-refractivity contribution in [1.29, 1.82) is 0 Å². The SMILES string of the molecule is CC(C)=CCC[C@@H](C)[C@H]1CC[C@H]2C3=C(CC[C@]12C)[C@@]1(C)CCCCC1CC3. The Morgan fingerprint density at radius 1 is 1.04 bits per heavy atom.